The largest absolute Gasteiger partial charge is 0.461 e. The Labute approximate surface area is 127 Å². The van der Waals surface area contributed by atoms with Crippen molar-refractivity contribution in [3.8, 4) is 11.6 Å². The van der Waals surface area contributed by atoms with E-state index in [9.17, 15) is 9.90 Å². The first-order chi connectivity index (χ1) is 10.7. The van der Waals surface area contributed by atoms with Gasteiger partial charge in [0, 0.05) is 12.8 Å². The molecule has 2 unspecified atom stereocenters. The number of hydrogen-bond donors (Lipinski definition) is 2. The summed E-state index contributed by atoms with van der Waals surface area (Å²) in [7, 11) is 0. The summed E-state index contributed by atoms with van der Waals surface area (Å²) in [6.45, 7) is 0. The van der Waals surface area contributed by atoms with Gasteiger partial charge in [0.25, 0.3) is 0 Å². The van der Waals surface area contributed by atoms with E-state index in [0.29, 0.717) is 23.9 Å². The smallest absolute Gasteiger partial charge is 0.238 e. The number of hydrogen-bond acceptors (Lipinski definition) is 6. The van der Waals surface area contributed by atoms with Crippen LogP contribution < -0.4 is 5.32 Å². The van der Waals surface area contributed by atoms with Crippen LogP contribution in [0.2, 0.25) is 0 Å². The van der Waals surface area contributed by atoms with Gasteiger partial charge in [-0.25, -0.2) is 0 Å². The SMILES string of the molecule is O=C(CCc1nc(-c2ccco2)no1)NC1CCCCC1O. The summed E-state index contributed by atoms with van der Waals surface area (Å²) in [6, 6.07) is 3.35. The normalized spacial score (nSPS) is 21.7. The Bertz CT molecular complexity index is 608. The van der Waals surface area contributed by atoms with Gasteiger partial charge in [-0.1, -0.05) is 18.0 Å². The zero-order valence-corrected chi connectivity index (χ0v) is 12.2. The topological polar surface area (TPSA) is 101 Å². The van der Waals surface area contributed by atoms with E-state index in [4.69, 9.17) is 8.94 Å². The molecule has 2 N–H and O–H groups in total. The summed E-state index contributed by atoms with van der Waals surface area (Å²) in [6.07, 6.45) is 5.35. The quantitative estimate of drug-likeness (QED) is 0.871. The fourth-order valence-electron chi connectivity index (χ4n) is 2.64. The Morgan fingerprint density at radius 3 is 3.05 bits per heavy atom. The van der Waals surface area contributed by atoms with Crippen LogP contribution in [0, 0.1) is 0 Å². The minimum atomic E-state index is -0.438. The average Bonchev–Trinajstić information content (AvgIpc) is 3.18. The van der Waals surface area contributed by atoms with Crippen LogP contribution in [0.25, 0.3) is 11.6 Å². The van der Waals surface area contributed by atoms with Gasteiger partial charge in [0.15, 0.2) is 5.76 Å². The van der Waals surface area contributed by atoms with E-state index in [1.54, 1.807) is 12.1 Å². The minimum absolute atomic E-state index is 0.108. The summed E-state index contributed by atoms with van der Waals surface area (Å²) >= 11 is 0. The van der Waals surface area contributed by atoms with Crippen LogP contribution in [-0.4, -0.2) is 33.3 Å². The van der Waals surface area contributed by atoms with Crippen LogP contribution in [0.4, 0.5) is 0 Å². The molecule has 7 heteroatoms. The predicted molar refractivity (Wildman–Crippen MR) is 76.7 cm³/mol. The monoisotopic (exact) mass is 305 g/mol. The van der Waals surface area contributed by atoms with Gasteiger partial charge in [0.2, 0.25) is 17.6 Å². The van der Waals surface area contributed by atoms with E-state index in [1.807, 2.05) is 0 Å². The van der Waals surface area contributed by atoms with Crippen molar-refractivity contribution >= 4 is 5.91 Å². The molecule has 1 saturated carbocycles. The maximum Gasteiger partial charge on any atom is 0.238 e. The standard InChI is InChI=1S/C15H19N3O4/c19-11-5-2-1-4-10(11)16-13(20)7-8-14-17-15(18-22-14)12-6-3-9-21-12/h3,6,9-11,19H,1-2,4-5,7-8H2,(H,16,20). The fraction of sp³-hybridized carbons (Fsp3) is 0.533. The van der Waals surface area contributed by atoms with Crippen molar-refractivity contribution in [3.05, 3.63) is 24.3 Å². The molecule has 0 bridgehead atoms. The number of aliphatic hydroxyl groups is 1. The lowest BCUT2D eigenvalue weighted by molar-refractivity contribution is -0.123. The number of carbonyl (C=O) groups excluding carboxylic acids is 1. The molecule has 0 radical (unpaired) electrons. The average molecular weight is 305 g/mol. The van der Waals surface area contributed by atoms with E-state index in [1.165, 1.54) is 6.26 Å². The van der Waals surface area contributed by atoms with Gasteiger partial charge in [0.05, 0.1) is 18.4 Å². The molecule has 7 nitrogen and oxygen atoms in total. The number of amides is 1. The van der Waals surface area contributed by atoms with Crippen LogP contribution in [-0.2, 0) is 11.2 Å². The summed E-state index contributed by atoms with van der Waals surface area (Å²) in [4.78, 5) is 16.1. The highest BCUT2D eigenvalue weighted by molar-refractivity contribution is 5.76. The Hall–Kier alpha value is -2.15. The number of nitrogens with zero attached hydrogens (tertiary/aromatic N) is 2. The first-order valence-corrected chi connectivity index (χ1v) is 7.56. The molecule has 3 rings (SSSR count). The van der Waals surface area contributed by atoms with Crippen LogP contribution in [0.5, 0.6) is 0 Å². The second kappa shape index (κ2) is 6.74. The number of aryl methyl sites for hydroxylation is 1. The van der Waals surface area contributed by atoms with Gasteiger partial charge in [-0.2, -0.15) is 4.98 Å². The van der Waals surface area contributed by atoms with Gasteiger partial charge >= 0.3 is 0 Å². The van der Waals surface area contributed by atoms with E-state index in [-0.39, 0.29) is 18.4 Å². The molecule has 2 heterocycles. The third-order valence-electron chi connectivity index (χ3n) is 3.85. The summed E-state index contributed by atoms with van der Waals surface area (Å²) in [5, 5.41) is 16.5. The van der Waals surface area contributed by atoms with E-state index in [2.05, 4.69) is 15.5 Å². The van der Waals surface area contributed by atoms with Crippen LogP contribution in [0.1, 0.15) is 38.0 Å². The molecule has 1 aliphatic rings. The Morgan fingerprint density at radius 1 is 1.41 bits per heavy atom. The van der Waals surface area contributed by atoms with E-state index < -0.39 is 6.10 Å². The molecule has 2 aromatic rings. The Kier molecular flexibility index (Phi) is 4.53. The summed E-state index contributed by atoms with van der Waals surface area (Å²) in [5.41, 5.74) is 0. The maximum atomic E-state index is 11.9. The second-order valence-electron chi connectivity index (χ2n) is 5.51. The van der Waals surface area contributed by atoms with Crippen molar-refractivity contribution in [1.82, 2.24) is 15.5 Å². The lowest BCUT2D eigenvalue weighted by Gasteiger charge is -2.28. The molecule has 0 aliphatic heterocycles. The number of aromatic nitrogens is 2. The lowest BCUT2D eigenvalue weighted by atomic mass is 9.92. The first kappa shape index (κ1) is 14.8. The molecule has 2 aromatic heterocycles. The molecule has 0 saturated heterocycles. The predicted octanol–water partition coefficient (Wildman–Crippen LogP) is 1.68. The maximum absolute atomic E-state index is 11.9. The molecule has 1 amide bonds. The number of nitrogens with one attached hydrogen (secondary N) is 1. The molecule has 0 aromatic carbocycles. The number of rotatable bonds is 5. The Balaban J connectivity index is 1.49. The molecular weight excluding hydrogens is 286 g/mol. The summed E-state index contributed by atoms with van der Waals surface area (Å²) in [5.74, 6) is 1.20. The van der Waals surface area contributed by atoms with E-state index in [0.717, 1.165) is 25.7 Å². The molecule has 1 fully saturated rings. The number of furan rings is 1. The van der Waals surface area contributed by atoms with Gasteiger partial charge in [-0.05, 0) is 25.0 Å². The third-order valence-corrected chi connectivity index (χ3v) is 3.85. The summed E-state index contributed by atoms with van der Waals surface area (Å²) < 4.78 is 10.3. The van der Waals surface area contributed by atoms with Crippen molar-refractivity contribution < 1.29 is 18.8 Å². The van der Waals surface area contributed by atoms with Crippen molar-refractivity contribution in [2.45, 2.75) is 50.7 Å². The Morgan fingerprint density at radius 2 is 2.27 bits per heavy atom. The minimum Gasteiger partial charge on any atom is -0.461 e. The van der Waals surface area contributed by atoms with Gasteiger partial charge in [-0.3, -0.25) is 4.79 Å². The third kappa shape index (κ3) is 3.54. The lowest BCUT2D eigenvalue weighted by Crippen LogP contribution is -2.45. The van der Waals surface area contributed by atoms with Gasteiger partial charge in [-0.15, -0.1) is 0 Å². The zero-order valence-electron chi connectivity index (χ0n) is 12.2. The van der Waals surface area contributed by atoms with Crippen molar-refractivity contribution in [2.75, 3.05) is 0 Å². The second-order valence-corrected chi connectivity index (χ2v) is 5.51. The zero-order chi connectivity index (χ0) is 15.4. The molecular formula is C15H19N3O4. The van der Waals surface area contributed by atoms with Crippen molar-refractivity contribution in [3.63, 3.8) is 0 Å². The highest BCUT2D eigenvalue weighted by atomic mass is 16.5. The molecule has 1 aliphatic carbocycles. The molecule has 118 valence electrons. The number of aliphatic hydroxyl groups excluding tert-OH is 1. The van der Waals surface area contributed by atoms with Crippen LogP contribution in [0.15, 0.2) is 27.3 Å². The fourth-order valence-corrected chi connectivity index (χ4v) is 2.64. The van der Waals surface area contributed by atoms with Crippen LogP contribution >= 0.6 is 0 Å². The highest BCUT2D eigenvalue weighted by Crippen LogP contribution is 2.19. The van der Waals surface area contributed by atoms with Gasteiger partial charge < -0.3 is 19.4 Å². The van der Waals surface area contributed by atoms with Gasteiger partial charge in [0.1, 0.15) is 0 Å². The molecule has 0 spiro atoms. The molecule has 22 heavy (non-hydrogen) atoms. The number of carbonyl (C=O) groups is 1. The van der Waals surface area contributed by atoms with Crippen molar-refractivity contribution in [2.24, 2.45) is 0 Å². The highest BCUT2D eigenvalue weighted by Gasteiger charge is 2.24. The molecule has 2 atom stereocenters. The van der Waals surface area contributed by atoms with Crippen molar-refractivity contribution in [1.29, 1.82) is 0 Å². The van der Waals surface area contributed by atoms with E-state index >= 15 is 0 Å². The first-order valence-electron chi connectivity index (χ1n) is 7.56. The van der Waals surface area contributed by atoms with Crippen LogP contribution in [0.3, 0.4) is 0 Å².